The second-order valence-electron chi connectivity index (χ2n) is 9.00. The minimum Gasteiger partial charge on any atom is -0.352 e. The fourth-order valence-electron chi connectivity index (χ4n) is 4.41. The van der Waals surface area contributed by atoms with Crippen LogP contribution in [0.4, 0.5) is 0 Å². The first kappa shape index (κ1) is 22.6. The highest BCUT2D eigenvalue weighted by atomic mass is 16.2. The predicted molar refractivity (Wildman–Crippen MR) is 123 cm³/mol. The molecule has 6 heteroatoms. The molecule has 2 fully saturated rings. The number of carbonyl (C=O) groups excluding carboxylic acids is 1. The number of nitrogens with one attached hydrogen (secondary N) is 2. The standard InChI is InChI=1S/C24H39N5O/c1-19(2)23(30)29-14-11-22(18-29)27-24(25-3)26-16-20-9-8-10-21(15-20)17-28-12-6-4-5-7-13-28/h8-10,15,19,22H,4-7,11-14,16-18H2,1-3H3,(H2,25,26,27). The molecule has 2 saturated heterocycles. The molecule has 0 bridgehead atoms. The zero-order chi connectivity index (χ0) is 21.3. The summed E-state index contributed by atoms with van der Waals surface area (Å²) in [5.41, 5.74) is 2.66. The Bertz CT molecular complexity index is 709. The first-order chi connectivity index (χ1) is 14.5. The fourth-order valence-corrected chi connectivity index (χ4v) is 4.41. The van der Waals surface area contributed by atoms with Crippen molar-refractivity contribution in [2.75, 3.05) is 33.2 Å². The highest BCUT2D eigenvalue weighted by Gasteiger charge is 2.27. The van der Waals surface area contributed by atoms with Gasteiger partial charge in [0.1, 0.15) is 0 Å². The number of likely N-dealkylation sites (tertiary alicyclic amines) is 2. The third kappa shape index (κ3) is 6.73. The van der Waals surface area contributed by atoms with Gasteiger partial charge in [-0.2, -0.15) is 0 Å². The van der Waals surface area contributed by atoms with Crippen molar-refractivity contribution in [3.05, 3.63) is 35.4 Å². The van der Waals surface area contributed by atoms with E-state index in [2.05, 4.69) is 44.8 Å². The third-order valence-corrected chi connectivity index (χ3v) is 6.11. The van der Waals surface area contributed by atoms with Crippen molar-refractivity contribution >= 4 is 11.9 Å². The second kappa shape index (κ2) is 11.3. The smallest absolute Gasteiger partial charge is 0.225 e. The Morgan fingerprint density at radius 3 is 2.57 bits per heavy atom. The lowest BCUT2D eigenvalue weighted by molar-refractivity contribution is -0.133. The third-order valence-electron chi connectivity index (χ3n) is 6.11. The van der Waals surface area contributed by atoms with Crippen LogP contribution in [0.25, 0.3) is 0 Å². The molecule has 3 rings (SSSR count). The molecule has 30 heavy (non-hydrogen) atoms. The van der Waals surface area contributed by atoms with Gasteiger partial charge in [-0.1, -0.05) is 51.0 Å². The molecule has 2 N–H and O–H groups in total. The van der Waals surface area contributed by atoms with E-state index in [4.69, 9.17) is 0 Å². The molecule has 1 aromatic rings. The Morgan fingerprint density at radius 2 is 1.87 bits per heavy atom. The van der Waals surface area contributed by atoms with Crippen LogP contribution in [0, 0.1) is 5.92 Å². The van der Waals surface area contributed by atoms with Gasteiger partial charge in [0.15, 0.2) is 5.96 Å². The lowest BCUT2D eigenvalue weighted by Gasteiger charge is -2.21. The fraction of sp³-hybridized carbons (Fsp3) is 0.667. The summed E-state index contributed by atoms with van der Waals surface area (Å²) in [5.74, 6) is 1.10. The molecule has 1 unspecified atom stereocenters. The number of aliphatic imine (C=N–C) groups is 1. The molecule has 0 aromatic heterocycles. The molecule has 2 aliphatic rings. The van der Waals surface area contributed by atoms with Crippen LogP contribution in [-0.4, -0.2) is 60.9 Å². The van der Waals surface area contributed by atoms with Gasteiger partial charge in [0.05, 0.1) is 0 Å². The van der Waals surface area contributed by atoms with Crippen LogP contribution in [-0.2, 0) is 17.9 Å². The van der Waals surface area contributed by atoms with E-state index in [9.17, 15) is 4.79 Å². The first-order valence-electron chi connectivity index (χ1n) is 11.6. The Balaban J connectivity index is 1.47. The van der Waals surface area contributed by atoms with Crippen molar-refractivity contribution in [1.82, 2.24) is 20.4 Å². The largest absolute Gasteiger partial charge is 0.352 e. The molecule has 1 atom stereocenters. The quantitative estimate of drug-likeness (QED) is 0.556. The zero-order valence-corrected chi connectivity index (χ0v) is 19.0. The Morgan fingerprint density at radius 1 is 1.13 bits per heavy atom. The molecule has 0 radical (unpaired) electrons. The SMILES string of the molecule is CN=C(NCc1cccc(CN2CCCCCC2)c1)NC1CCN(C(=O)C(C)C)C1. The molecule has 1 amide bonds. The molecule has 0 saturated carbocycles. The maximum Gasteiger partial charge on any atom is 0.225 e. The van der Waals surface area contributed by atoms with Crippen LogP contribution in [0.1, 0.15) is 57.1 Å². The van der Waals surface area contributed by atoms with E-state index < -0.39 is 0 Å². The lowest BCUT2D eigenvalue weighted by Crippen LogP contribution is -2.45. The molecule has 6 nitrogen and oxygen atoms in total. The van der Waals surface area contributed by atoms with Crippen molar-refractivity contribution in [1.29, 1.82) is 0 Å². The topological polar surface area (TPSA) is 60.0 Å². The molecular formula is C24H39N5O. The Hall–Kier alpha value is -2.08. The minimum absolute atomic E-state index is 0.0581. The summed E-state index contributed by atoms with van der Waals surface area (Å²) in [6.45, 7) is 9.73. The highest BCUT2D eigenvalue weighted by molar-refractivity contribution is 5.81. The number of benzene rings is 1. The van der Waals surface area contributed by atoms with Gasteiger partial charge in [-0.05, 0) is 43.5 Å². The summed E-state index contributed by atoms with van der Waals surface area (Å²) in [6, 6.07) is 9.13. The molecule has 166 valence electrons. The van der Waals surface area contributed by atoms with Gasteiger partial charge >= 0.3 is 0 Å². The van der Waals surface area contributed by atoms with E-state index in [0.29, 0.717) is 0 Å². The van der Waals surface area contributed by atoms with Crippen molar-refractivity contribution in [2.45, 2.75) is 65.1 Å². The number of guanidine groups is 1. The Labute approximate surface area is 182 Å². The molecule has 2 aliphatic heterocycles. The number of amides is 1. The maximum atomic E-state index is 12.2. The number of carbonyl (C=O) groups is 1. The van der Waals surface area contributed by atoms with Crippen LogP contribution in [0.5, 0.6) is 0 Å². The summed E-state index contributed by atoms with van der Waals surface area (Å²) in [5, 5.41) is 6.93. The predicted octanol–water partition coefficient (Wildman–Crippen LogP) is 2.98. The molecule has 0 aliphatic carbocycles. The van der Waals surface area contributed by atoms with Gasteiger partial charge in [-0.25, -0.2) is 0 Å². The monoisotopic (exact) mass is 413 g/mol. The summed E-state index contributed by atoms with van der Waals surface area (Å²) >= 11 is 0. The van der Waals surface area contributed by atoms with Crippen molar-refractivity contribution in [3.8, 4) is 0 Å². The van der Waals surface area contributed by atoms with Gasteiger partial charge < -0.3 is 15.5 Å². The van der Waals surface area contributed by atoms with Gasteiger partial charge in [0, 0.05) is 45.2 Å². The average molecular weight is 414 g/mol. The summed E-state index contributed by atoms with van der Waals surface area (Å²) in [6.07, 6.45) is 6.35. The van der Waals surface area contributed by atoms with Gasteiger partial charge in [0.25, 0.3) is 0 Å². The van der Waals surface area contributed by atoms with Crippen LogP contribution in [0.3, 0.4) is 0 Å². The summed E-state index contributed by atoms with van der Waals surface area (Å²) in [7, 11) is 1.80. The number of hydrogen-bond acceptors (Lipinski definition) is 3. The Kier molecular flexibility index (Phi) is 8.55. The average Bonchev–Trinajstić information content (AvgIpc) is 3.06. The number of hydrogen-bond donors (Lipinski definition) is 2. The maximum absolute atomic E-state index is 12.2. The van der Waals surface area contributed by atoms with Gasteiger partial charge in [-0.3, -0.25) is 14.7 Å². The molecular weight excluding hydrogens is 374 g/mol. The summed E-state index contributed by atoms with van der Waals surface area (Å²) < 4.78 is 0. The van der Waals surface area contributed by atoms with Crippen LogP contribution < -0.4 is 10.6 Å². The van der Waals surface area contributed by atoms with Crippen LogP contribution in [0.15, 0.2) is 29.3 Å². The molecule has 2 heterocycles. The van der Waals surface area contributed by atoms with E-state index in [1.165, 1.54) is 49.9 Å². The highest BCUT2D eigenvalue weighted by Crippen LogP contribution is 2.15. The number of rotatable bonds is 6. The van der Waals surface area contributed by atoms with E-state index in [1.807, 2.05) is 18.7 Å². The van der Waals surface area contributed by atoms with Gasteiger partial charge in [0.2, 0.25) is 5.91 Å². The lowest BCUT2D eigenvalue weighted by atomic mass is 10.1. The van der Waals surface area contributed by atoms with Crippen LogP contribution in [0.2, 0.25) is 0 Å². The zero-order valence-electron chi connectivity index (χ0n) is 19.0. The van der Waals surface area contributed by atoms with Gasteiger partial charge in [-0.15, -0.1) is 0 Å². The molecule has 0 spiro atoms. The number of nitrogens with zero attached hydrogens (tertiary/aromatic N) is 3. The van der Waals surface area contributed by atoms with E-state index in [-0.39, 0.29) is 17.9 Å². The van der Waals surface area contributed by atoms with Crippen LogP contribution >= 0.6 is 0 Å². The second-order valence-corrected chi connectivity index (χ2v) is 9.00. The molecule has 1 aromatic carbocycles. The van der Waals surface area contributed by atoms with E-state index in [0.717, 1.165) is 38.6 Å². The van der Waals surface area contributed by atoms with Crippen molar-refractivity contribution in [3.63, 3.8) is 0 Å². The summed E-state index contributed by atoms with van der Waals surface area (Å²) in [4.78, 5) is 21.1. The van der Waals surface area contributed by atoms with E-state index in [1.54, 1.807) is 7.05 Å². The van der Waals surface area contributed by atoms with E-state index >= 15 is 0 Å². The normalized spacial score (nSPS) is 21.0. The first-order valence-corrected chi connectivity index (χ1v) is 11.6. The minimum atomic E-state index is 0.0581. The van der Waals surface area contributed by atoms with Crippen molar-refractivity contribution < 1.29 is 4.79 Å². The van der Waals surface area contributed by atoms with Crippen molar-refractivity contribution in [2.24, 2.45) is 10.9 Å².